The fourth-order valence-corrected chi connectivity index (χ4v) is 12.3. The van der Waals surface area contributed by atoms with Crippen LogP contribution in [0.4, 0.5) is 21.6 Å². The summed E-state index contributed by atoms with van der Waals surface area (Å²) in [5.41, 5.74) is 1.57. The number of pyridine rings is 2. The number of fused-ring (bicyclic) bond motifs is 1. The van der Waals surface area contributed by atoms with Crippen molar-refractivity contribution in [1.82, 2.24) is 29.5 Å². The summed E-state index contributed by atoms with van der Waals surface area (Å²) in [7, 11) is -4.65. The van der Waals surface area contributed by atoms with Crippen molar-refractivity contribution in [3.8, 4) is 11.5 Å². The molecule has 5 fully saturated rings. The first kappa shape index (κ1) is 45.1. The van der Waals surface area contributed by atoms with Crippen LogP contribution in [0.5, 0.6) is 11.5 Å². The minimum absolute atomic E-state index is 0.0125. The Kier molecular flexibility index (Phi) is 12.2. The number of halogens is 1. The number of anilines is 2. The van der Waals surface area contributed by atoms with E-state index in [9.17, 15) is 23.3 Å². The third-order valence-corrected chi connectivity index (χ3v) is 16.8. The number of benzene rings is 2. The number of nitro groups is 1. The fourth-order valence-electron chi connectivity index (χ4n) is 11.3. The molecule has 0 radical (unpaired) electrons. The molecule has 1 spiro atoms. The number of aromatic amines is 1. The average molecular weight is 934 g/mol. The maximum Gasteiger partial charge on any atom is 0.293 e. The SMILES string of the molecule is CC(C)c1ccccc1[C@@H]1CCCN1C1CC2(CCN(c3cc(Oc4cnc5[nH]ccc5c4)c(C(=O)NS(=O)(=O)c4ccc(NCC5(F)CCN(C6CCC6)CC5)c([N+](=O)[O-])c4)cn3)CC2)C1. The van der Waals surface area contributed by atoms with E-state index in [1.165, 1.54) is 61.7 Å². The van der Waals surface area contributed by atoms with Crippen molar-refractivity contribution in [2.24, 2.45) is 5.41 Å². The van der Waals surface area contributed by atoms with Crippen molar-refractivity contribution in [2.75, 3.05) is 49.5 Å². The molecule has 2 aromatic carbocycles. The number of H-pyrrole nitrogens is 1. The zero-order chi connectivity index (χ0) is 46.5. The third kappa shape index (κ3) is 9.21. The molecule has 1 amide bonds. The van der Waals surface area contributed by atoms with Crippen LogP contribution >= 0.6 is 0 Å². The molecule has 3 aromatic heterocycles. The second-order valence-electron chi connectivity index (χ2n) is 20.0. The van der Waals surface area contributed by atoms with E-state index < -0.39 is 37.1 Å². The Labute approximate surface area is 391 Å². The number of carbonyl (C=O) groups is 1. The topological polar surface area (TPSA) is 179 Å². The fraction of sp³-hybridized carbons (Fsp3) is 0.500. The number of rotatable bonds is 14. The molecule has 3 saturated heterocycles. The number of aromatic nitrogens is 3. The summed E-state index contributed by atoms with van der Waals surface area (Å²) in [6, 6.07) is 19.0. The van der Waals surface area contributed by atoms with Crippen LogP contribution in [0, 0.1) is 15.5 Å². The van der Waals surface area contributed by atoms with Crippen LogP contribution in [-0.2, 0) is 10.0 Å². The highest BCUT2D eigenvalue weighted by Gasteiger charge is 2.50. The minimum Gasteiger partial charge on any atom is -0.455 e. The smallest absolute Gasteiger partial charge is 0.293 e. The van der Waals surface area contributed by atoms with Gasteiger partial charge in [0.15, 0.2) is 0 Å². The second kappa shape index (κ2) is 18.1. The number of alkyl halides is 1. The number of carbonyl (C=O) groups excluding carboxylic acids is 1. The number of nitrogens with one attached hydrogen (secondary N) is 3. The highest BCUT2D eigenvalue weighted by molar-refractivity contribution is 7.90. The van der Waals surface area contributed by atoms with Gasteiger partial charge in [-0.1, -0.05) is 44.5 Å². The number of ether oxygens (including phenoxy) is 1. The number of amides is 1. The quantitative estimate of drug-likeness (QED) is 0.0711. The van der Waals surface area contributed by atoms with Crippen molar-refractivity contribution in [1.29, 1.82) is 0 Å². The predicted molar refractivity (Wildman–Crippen MR) is 255 cm³/mol. The highest BCUT2D eigenvalue weighted by atomic mass is 32.2. The molecule has 354 valence electrons. The van der Waals surface area contributed by atoms with Crippen LogP contribution in [-0.4, -0.2) is 101 Å². The zero-order valence-electron chi connectivity index (χ0n) is 38.3. The normalized spacial score (nSPS) is 21.3. The molecule has 15 nitrogen and oxygen atoms in total. The van der Waals surface area contributed by atoms with E-state index in [2.05, 4.69) is 77.8 Å². The molecule has 6 heterocycles. The van der Waals surface area contributed by atoms with E-state index in [1.54, 1.807) is 18.3 Å². The largest absolute Gasteiger partial charge is 0.455 e. The molecule has 17 heteroatoms. The van der Waals surface area contributed by atoms with Crippen LogP contribution in [0.1, 0.15) is 118 Å². The molecule has 3 aliphatic heterocycles. The molecular weight excluding hydrogens is 874 g/mol. The molecule has 0 unspecified atom stereocenters. The van der Waals surface area contributed by atoms with Gasteiger partial charge in [-0.2, -0.15) is 0 Å². The minimum atomic E-state index is -4.65. The van der Waals surface area contributed by atoms with E-state index in [0.29, 0.717) is 67.2 Å². The first-order valence-corrected chi connectivity index (χ1v) is 25.5. The number of hydrogen-bond donors (Lipinski definition) is 3. The van der Waals surface area contributed by atoms with Crippen molar-refractivity contribution in [3.63, 3.8) is 0 Å². The molecule has 2 aliphatic carbocycles. The molecule has 1 atom stereocenters. The Balaban J connectivity index is 0.825. The van der Waals surface area contributed by atoms with Crippen molar-refractivity contribution < 1.29 is 27.3 Å². The Morgan fingerprint density at radius 1 is 0.940 bits per heavy atom. The van der Waals surface area contributed by atoms with E-state index in [4.69, 9.17) is 4.74 Å². The Bertz CT molecular complexity index is 2760. The summed E-state index contributed by atoms with van der Waals surface area (Å²) >= 11 is 0. The van der Waals surface area contributed by atoms with E-state index in [0.717, 1.165) is 62.8 Å². The molecule has 0 bridgehead atoms. The molecule has 3 N–H and O–H groups in total. The summed E-state index contributed by atoms with van der Waals surface area (Å²) < 4.78 is 51.8. The van der Waals surface area contributed by atoms with E-state index in [-0.39, 0.29) is 29.0 Å². The summed E-state index contributed by atoms with van der Waals surface area (Å²) in [5.74, 6) is 0.448. The van der Waals surface area contributed by atoms with Crippen LogP contribution in [0.15, 0.2) is 84.1 Å². The van der Waals surface area contributed by atoms with Crippen LogP contribution in [0.2, 0.25) is 0 Å². The number of hydrogen-bond acceptors (Lipinski definition) is 12. The maximum atomic E-state index is 15.8. The monoisotopic (exact) mass is 933 g/mol. The number of piperidine rings is 2. The molecular formula is C50H60FN9O6S. The van der Waals surface area contributed by atoms with Crippen LogP contribution in [0.3, 0.4) is 0 Å². The molecule has 10 rings (SSSR count). The van der Waals surface area contributed by atoms with Gasteiger partial charge in [0.25, 0.3) is 21.6 Å². The first-order chi connectivity index (χ1) is 32.3. The van der Waals surface area contributed by atoms with Crippen molar-refractivity contribution in [3.05, 3.63) is 106 Å². The number of nitrogens with zero attached hydrogens (tertiary/aromatic N) is 6. The van der Waals surface area contributed by atoms with Crippen molar-refractivity contribution in [2.45, 2.75) is 119 Å². The third-order valence-electron chi connectivity index (χ3n) is 15.5. The molecule has 5 aromatic rings. The van der Waals surface area contributed by atoms with Gasteiger partial charge in [-0.25, -0.2) is 27.5 Å². The van der Waals surface area contributed by atoms with Gasteiger partial charge in [0.2, 0.25) is 0 Å². The lowest BCUT2D eigenvalue weighted by molar-refractivity contribution is -0.384. The Morgan fingerprint density at radius 3 is 2.45 bits per heavy atom. The average Bonchev–Trinajstić information content (AvgIpc) is 3.98. The lowest BCUT2D eigenvalue weighted by atomic mass is 9.60. The second-order valence-corrected chi connectivity index (χ2v) is 21.6. The first-order valence-electron chi connectivity index (χ1n) is 24.0. The van der Waals surface area contributed by atoms with Crippen molar-refractivity contribution >= 4 is 44.2 Å². The molecule has 5 aliphatic rings. The van der Waals surface area contributed by atoms with Crippen LogP contribution < -0.4 is 19.7 Å². The standard InChI is InChI=1S/C50H60FN9O6S/c1-33(2)39-9-3-4-10-40(39)43-11-6-20-59(43)36-28-49(29-36)15-21-58(22-16-49)46-27-45(66-37-25-34-14-19-52-47(34)54-30-37)41(31-53-46)48(61)56-67(64,65)38-12-13-42(44(26-38)60(62)63)55-32-50(51)17-23-57(24-18-50)35-7-5-8-35/h3-4,9-10,12-14,19,25-27,30-31,33,35-36,43,55H,5-8,11,15-18,20-24,28-29,32H2,1-2H3,(H,52,54)(H,56,61)/t43-/m0/s1. The van der Waals surface area contributed by atoms with Crippen LogP contribution in [0.25, 0.3) is 11.0 Å². The number of nitro benzene ring substituents is 1. The highest BCUT2D eigenvalue weighted by Crippen LogP contribution is 2.54. The number of likely N-dealkylation sites (tertiary alicyclic amines) is 2. The van der Waals surface area contributed by atoms with Gasteiger partial charge in [-0.3, -0.25) is 19.8 Å². The van der Waals surface area contributed by atoms with Gasteiger partial charge in [0.1, 0.15) is 39.9 Å². The van der Waals surface area contributed by atoms with E-state index >= 15 is 4.39 Å². The van der Waals surface area contributed by atoms with Gasteiger partial charge >= 0.3 is 0 Å². The summed E-state index contributed by atoms with van der Waals surface area (Å²) in [6.07, 6.45) is 15.4. The lowest BCUT2D eigenvalue weighted by Gasteiger charge is -2.56. The summed E-state index contributed by atoms with van der Waals surface area (Å²) in [4.78, 5) is 44.4. The number of sulfonamides is 1. The van der Waals surface area contributed by atoms with Gasteiger partial charge in [-0.15, -0.1) is 0 Å². The lowest BCUT2D eigenvalue weighted by Crippen LogP contribution is -2.55. The Morgan fingerprint density at radius 2 is 1.72 bits per heavy atom. The maximum absolute atomic E-state index is 15.8. The summed E-state index contributed by atoms with van der Waals surface area (Å²) in [5, 5.41) is 15.9. The van der Waals surface area contributed by atoms with Gasteiger partial charge in [-0.05, 0) is 117 Å². The zero-order valence-corrected chi connectivity index (χ0v) is 39.1. The molecule has 67 heavy (non-hydrogen) atoms. The Hall–Kier alpha value is -5.65. The van der Waals surface area contributed by atoms with Gasteiger partial charge in [0, 0.05) is 80.8 Å². The summed E-state index contributed by atoms with van der Waals surface area (Å²) in [6.45, 7) is 8.33. The van der Waals surface area contributed by atoms with E-state index in [1.807, 2.05) is 6.07 Å². The molecule has 2 saturated carbocycles. The van der Waals surface area contributed by atoms with Gasteiger partial charge < -0.3 is 24.8 Å². The van der Waals surface area contributed by atoms with Gasteiger partial charge in [0.05, 0.1) is 16.0 Å². The predicted octanol–water partition coefficient (Wildman–Crippen LogP) is 9.26.